The number of ether oxygens (including phenoxy) is 3. The van der Waals surface area contributed by atoms with E-state index < -0.39 is 0 Å². The summed E-state index contributed by atoms with van der Waals surface area (Å²) in [7, 11) is 1.59. The number of rotatable bonds is 8. The van der Waals surface area contributed by atoms with Crippen LogP contribution >= 0.6 is 11.6 Å². The van der Waals surface area contributed by atoms with Crippen LogP contribution in [0, 0.1) is 5.92 Å². The molecule has 1 aliphatic carbocycles. The third kappa shape index (κ3) is 4.27. The predicted molar refractivity (Wildman–Crippen MR) is 74.9 cm³/mol. The van der Waals surface area contributed by atoms with Crippen LogP contribution in [0.1, 0.15) is 18.4 Å². The minimum absolute atomic E-state index is 0.228. The fourth-order valence-corrected chi connectivity index (χ4v) is 2.11. The third-order valence-electron chi connectivity index (χ3n) is 3.07. The summed E-state index contributed by atoms with van der Waals surface area (Å²) in [4.78, 5) is 0. The minimum atomic E-state index is 0.228. The molecule has 0 aromatic heterocycles. The van der Waals surface area contributed by atoms with Crippen molar-refractivity contribution in [3.63, 3.8) is 0 Å². The van der Waals surface area contributed by atoms with E-state index in [1.807, 2.05) is 6.07 Å². The van der Waals surface area contributed by atoms with Crippen molar-refractivity contribution in [2.24, 2.45) is 11.7 Å². The Morgan fingerprint density at radius 2 is 2.16 bits per heavy atom. The van der Waals surface area contributed by atoms with Gasteiger partial charge in [0, 0.05) is 16.7 Å². The number of halogens is 1. The SMILES string of the molecule is COc1cc(Cl)cc(CCN)c1OCOCC1CC1. The van der Waals surface area contributed by atoms with Gasteiger partial charge in [0.1, 0.15) is 0 Å². The third-order valence-corrected chi connectivity index (χ3v) is 3.29. The van der Waals surface area contributed by atoms with E-state index in [9.17, 15) is 0 Å². The molecule has 0 atom stereocenters. The molecular formula is C14H20ClNO3. The van der Waals surface area contributed by atoms with Gasteiger partial charge < -0.3 is 19.9 Å². The molecule has 5 heteroatoms. The molecule has 19 heavy (non-hydrogen) atoms. The van der Waals surface area contributed by atoms with Crippen molar-refractivity contribution in [1.82, 2.24) is 0 Å². The lowest BCUT2D eigenvalue weighted by Crippen LogP contribution is -2.10. The van der Waals surface area contributed by atoms with Crippen molar-refractivity contribution in [3.05, 3.63) is 22.7 Å². The highest BCUT2D eigenvalue weighted by Crippen LogP contribution is 2.35. The smallest absolute Gasteiger partial charge is 0.189 e. The van der Waals surface area contributed by atoms with Gasteiger partial charge in [0.15, 0.2) is 18.3 Å². The van der Waals surface area contributed by atoms with Gasteiger partial charge in [0.25, 0.3) is 0 Å². The molecule has 0 saturated heterocycles. The maximum Gasteiger partial charge on any atom is 0.189 e. The topological polar surface area (TPSA) is 53.7 Å². The van der Waals surface area contributed by atoms with Crippen LogP contribution in [-0.4, -0.2) is 27.1 Å². The van der Waals surface area contributed by atoms with Crippen LogP contribution in [0.5, 0.6) is 11.5 Å². The molecule has 1 aromatic rings. The minimum Gasteiger partial charge on any atom is -0.493 e. The Morgan fingerprint density at radius 1 is 1.37 bits per heavy atom. The summed E-state index contributed by atoms with van der Waals surface area (Å²) in [6, 6.07) is 3.59. The van der Waals surface area contributed by atoms with E-state index in [-0.39, 0.29) is 6.79 Å². The fraction of sp³-hybridized carbons (Fsp3) is 0.571. The van der Waals surface area contributed by atoms with E-state index in [4.69, 9.17) is 31.5 Å². The molecule has 1 aliphatic rings. The van der Waals surface area contributed by atoms with Crippen LogP contribution in [0.15, 0.2) is 12.1 Å². The normalized spacial score (nSPS) is 14.5. The molecule has 0 unspecified atom stereocenters. The Morgan fingerprint density at radius 3 is 2.79 bits per heavy atom. The summed E-state index contributed by atoms with van der Waals surface area (Å²) in [5.74, 6) is 2.01. The zero-order valence-electron chi connectivity index (χ0n) is 11.2. The molecule has 2 N–H and O–H groups in total. The highest BCUT2D eigenvalue weighted by atomic mass is 35.5. The van der Waals surface area contributed by atoms with E-state index in [1.54, 1.807) is 13.2 Å². The molecule has 1 fully saturated rings. The van der Waals surface area contributed by atoms with Crippen molar-refractivity contribution < 1.29 is 14.2 Å². The van der Waals surface area contributed by atoms with Gasteiger partial charge in [-0.15, -0.1) is 0 Å². The first-order valence-corrected chi connectivity index (χ1v) is 6.89. The first-order valence-electron chi connectivity index (χ1n) is 6.51. The van der Waals surface area contributed by atoms with Crippen LogP contribution in [-0.2, 0) is 11.2 Å². The summed E-state index contributed by atoms with van der Waals surface area (Å²) in [5.41, 5.74) is 6.55. The Bertz CT molecular complexity index is 421. The molecular weight excluding hydrogens is 266 g/mol. The second-order valence-electron chi connectivity index (χ2n) is 4.71. The summed E-state index contributed by atoms with van der Waals surface area (Å²) in [5, 5.41) is 0.617. The highest BCUT2D eigenvalue weighted by Gasteiger charge is 2.21. The average molecular weight is 286 g/mol. The van der Waals surface area contributed by atoms with Crippen LogP contribution in [0.25, 0.3) is 0 Å². The number of methoxy groups -OCH3 is 1. The standard InChI is InChI=1S/C14H20ClNO3/c1-17-13-7-12(15)6-11(4-5-16)14(13)19-9-18-8-10-2-3-10/h6-7,10H,2-5,8-9,16H2,1H3. The molecule has 0 bridgehead atoms. The van der Waals surface area contributed by atoms with E-state index in [2.05, 4.69) is 0 Å². The summed E-state index contributed by atoms with van der Waals surface area (Å²) in [6.07, 6.45) is 3.22. The summed E-state index contributed by atoms with van der Waals surface area (Å²) in [6.45, 7) is 1.52. The number of nitrogens with two attached hydrogens (primary N) is 1. The fourth-order valence-electron chi connectivity index (χ4n) is 1.88. The van der Waals surface area contributed by atoms with Crippen molar-refractivity contribution in [3.8, 4) is 11.5 Å². The van der Waals surface area contributed by atoms with Gasteiger partial charge in [0.05, 0.1) is 13.7 Å². The van der Waals surface area contributed by atoms with Crippen molar-refractivity contribution in [1.29, 1.82) is 0 Å². The first-order chi connectivity index (χ1) is 9.24. The maximum atomic E-state index is 6.04. The second kappa shape index (κ2) is 6.98. The zero-order valence-corrected chi connectivity index (χ0v) is 11.9. The van der Waals surface area contributed by atoms with Crippen LogP contribution in [0.4, 0.5) is 0 Å². The number of hydrogen-bond acceptors (Lipinski definition) is 4. The van der Waals surface area contributed by atoms with Gasteiger partial charge >= 0.3 is 0 Å². The molecule has 4 nitrogen and oxygen atoms in total. The molecule has 0 aliphatic heterocycles. The van der Waals surface area contributed by atoms with E-state index >= 15 is 0 Å². The van der Waals surface area contributed by atoms with Crippen molar-refractivity contribution in [2.45, 2.75) is 19.3 Å². The van der Waals surface area contributed by atoms with Crippen LogP contribution in [0.2, 0.25) is 5.02 Å². The molecule has 1 saturated carbocycles. The molecule has 106 valence electrons. The number of benzene rings is 1. The molecule has 2 rings (SSSR count). The van der Waals surface area contributed by atoms with Crippen molar-refractivity contribution >= 4 is 11.6 Å². The molecule has 0 radical (unpaired) electrons. The first kappa shape index (κ1) is 14.4. The molecule has 0 spiro atoms. The lowest BCUT2D eigenvalue weighted by atomic mass is 10.1. The monoisotopic (exact) mass is 285 g/mol. The number of hydrogen-bond donors (Lipinski definition) is 1. The Kier molecular flexibility index (Phi) is 5.31. The van der Waals surface area contributed by atoms with Crippen LogP contribution in [0.3, 0.4) is 0 Å². The van der Waals surface area contributed by atoms with Gasteiger partial charge in [-0.05, 0) is 37.8 Å². The zero-order chi connectivity index (χ0) is 13.7. The summed E-state index contributed by atoms with van der Waals surface area (Å²) >= 11 is 6.04. The van der Waals surface area contributed by atoms with Crippen LogP contribution < -0.4 is 15.2 Å². The largest absolute Gasteiger partial charge is 0.493 e. The van der Waals surface area contributed by atoms with Gasteiger partial charge in [0.2, 0.25) is 0 Å². The van der Waals surface area contributed by atoms with Gasteiger partial charge in [-0.1, -0.05) is 11.6 Å². The average Bonchev–Trinajstić information content (AvgIpc) is 3.20. The summed E-state index contributed by atoms with van der Waals surface area (Å²) < 4.78 is 16.5. The lowest BCUT2D eigenvalue weighted by Gasteiger charge is -2.15. The molecule has 1 aromatic carbocycles. The predicted octanol–water partition coefficient (Wildman–Crippen LogP) is 2.61. The Balaban J connectivity index is 2.01. The Hall–Kier alpha value is -0.970. The maximum absolute atomic E-state index is 6.04. The molecule has 0 heterocycles. The molecule has 0 amide bonds. The van der Waals surface area contributed by atoms with E-state index in [0.717, 1.165) is 18.1 Å². The van der Waals surface area contributed by atoms with Gasteiger partial charge in [-0.3, -0.25) is 0 Å². The lowest BCUT2D eigenvalue weighted by molar-refractivity contribution is 0.00814. The van der Waals surface area contributed by atoms with Crippen molar-refractivity contribution in [2.75, 3.05) is 27.1 Å². The van der Waals surface area contributed by atoms with E-state index in [0.29, 0.717) is 29.5 Å². The van der Waals surface area contributed by atoms with E-state index in [1.165, 1.54) is 12.8 Å². The highest BCUT2D eigenvalue weighted by molar-refractivity contribution is 6.30. The Labute approximate surface area is 118 Å². The van der Waals surface area contributed by atoms with Gasteiger partial charge in [-0.25, -0.2) is 0 Å². The van der Waals surface area contributed by atoms with Gasteiger partial charge in [-0.2, -0.15) is 0 Å². The quantitative estimate of drug-likeness (QED) is 0.589. The second-order valence-corrected chi connectivity index (χ2v) is 5.15.